The highest BCUT2D eigenvalue weighted by molar-refractivity contribution is 9.10. The number of anilines is 1. The minimum atomic E-state index is -0.0434. The first-order chi connectivity index (χ1) is 10.2. The summed E-state index contributed by atoms with van der Waals surface area (Å²) in [5.74, 6) is 0.745. The number of amides is 1. The van der Waals surface area contributed by atoms with Gasteiger partial charge in [0.1, 0.15) is 5.75 Å². The Balaban J connectivity index is 1.82. The number of fused-ring (bicyclic) bond motifs is 1. The van der Waals surface area contributed by atoms with E-state index in [1.54, 1.807) is 18.4 Å². The molecule has 0 aliphatic heterocycles. The van der Waals surface area contributed by atoms with Crippen molar-refractivity contribution in [3.63, 3.8) is 0 Å². The number of carbonyl (C=O) groups excluding carboxylic acids is 1. The average molecular weight is 366 g/mol. The first-order valence-corrected chi connectivity index (χ1v) is 8.57. The van der Waals surface area contributed by atoms with E-state index in [0.29, 0.717) is 0 Å². The smallest absolute Gasteiger partial charge is 0.231 e. The normalized spacial score (nSPS) is 17.1. The molecule has 0 saturated carbocycles. The molecular weight excluding hydrogens is 350 g/mol. The zero-order chi connectivity index (χ0) is 14.8. The lowest BCUT2D eigenvalue weighted by Crippen LogP contribution is -2.24. The van der Waals surface area contributed by atoms with Gasteiger partial charge in [0.15, 0.2) is 0 Å². The van der Waals surface area contributed by atoms with Crippen LogP contribution in [0.15, 0.2) is 34.1 Å². The number of aryl methyl sites for hydroxylation is 1. The number of halogens is 1. The van der Waals surface area contributed by atoms with Crippen molar-refractivity contribution in [2.24, 2.45) is 0 Å². The van der Waals surface area contributed by atoms with Crippen LogP contribution in [-0.2, 0) is 11.2 Å². The molecule has 0 saturated heterocycles. The lowest BCUT2D eigenvalue weighted by molar-refractivity contribution is -0.117. The topological polar surface area (TPSA) is 38.3 Å². The number of rotatable bonds is 3. The monoisotopic (exact) mass is 365 g/mol. The minimum absolute atomic E-state index is 0.0434. The number of ether oxygens (including phenoxy) is 1. The molecule has 0 fully saturated rings. The number of carbonyl (C=O) groups is 1. The molecule has 1 aliphatic rings. The molecule has 1 N–H and O–H groups in total. The largest absolute Gasteiger partial charge is 0.497 e. The Kier molecular flexibility index (Phi) is 4.31. The summed E-state index contributed by atoms with van der Waals surface area (Å²) < 4.78 is 6.07. The average Bonchev–Trinajstić information content (AvgIpc) is 2.97. The van der Waals surface area contributed by atoms with Gasteiger partial charge in [-0.3, -0.25) is 4.79 Å². The molecule has 3 nitrogen and oxygen atoms in total. The maximum Gasteiger partial charge on any atom is 0.231 e. The van der Waals surface area contributed by atoms with Crippen LogP contribution < -0.4 is 10.1 Å². The zero-order valence-electron chi connectivity index (χ0n) is 11.7. The fraction of sp³-hybridized carbons (Fsp3) is 0.312. The van der Waals surface area contributed by atoms with Crippen molar-refractivity contribution in [2.45, 2.75) is 25.2 Å². The van der Waals surface area contributed by atoms with Gasteiger partial charge in [-0.1, -0.05) is 0 Å². The Morgan fingerprint density at radius 1 is 1.43 bits per heavy atom. The number of benzene rings is 1. The summed E-state index contributed by atoms with van der Waals surface area (Å²) >= 11 is 5.22. The highest BCUT2D eigenvalue weighted by Gasteiger charge is 2.27. The standard InChI is InChI=1S/C16H16BrNO2S/c1-20-10-5-6-13(17)14(9-10)18-16(19)12-3-2-4-15-11(12)7-8-21-15/h5-9,12H,2-4H2,1H3,(H,18,19). The summed E-state index contributed by atoms with van der Waals surface area (Å²) in [7, 11) is 1.62. The van der Waals surface area contributed by atoms with E-state index in [2.05, 4.69) is 32.7 Å². The number of hydrogen-bond donors (Lipinski definition) is 1. The Labute approximate surface area is 136 Å². The van der Waals surface area contributed by atoms with Crippen LogP contribution in [0.3, 0.4) is 0 Å². The molecule has 2 aromatic rings. The van der Waals surface area contributed by atoms with Gasteiger partial charge in [0.2, 0.25) is 5.91 Å². The molecule has 1 heterocycles. The summed E-state index contributed by atoms with van der Waals surface area (Å²) in [5, 5.41) is 5.11. The quantitative estimate of drug-likeness (QED) is 0.864. The summed E-state index contributed by atoms with van der Waals surface area (Å²) in [6, 6.07) is 7.66. The van der Waals surface area contributed by atoms with Gasteiger partial charge in [-0.25, -0.2) is 0 Å². The van der Waals surface area contributed by atoms with Gasteiger partial charge in [-0.2, -0.15) is 0 Å². The Morgan fingerprint density at radius 2 is 2.29 bits per heavy atom. The van der Waals surface area contributed by atoms with Gasteiger partial charge in [-0.15, -0.1) is 11.3 Å². The van der Waals surface area contributed by atoms with Gasteiger partial charge in [-0.05, 0) is 64.3 Å². The molecule has 1 aromatic carbocycles. The van der Waals surface area contributed by atoms with Gasteiger partial charge in [0, 0.05) is 15.4 Å². The molecule has 5 heteroatoms. The van der Waals surface area contributed by atoms with Crippen LogP contribution in [0.25, 0.3) is 0 Å². The lowest BCUT2D eigenvalue weighted by Gasteiger charge is -2.22. The molecule has 0 spiro atoms. The fourth-order valence-electron chi connectivity index (χ4n) is 2.71. The number of thiophene rings is 1. The molecule has 3 rings (SSSR count). The number of hydrogen-bond acceptors (Lipinski definition) is 3. The van der Waals surface area contributed by atoms with Gasteiger partial charge < -0.3 is 10.1 Å². The summed E-state index contributed by atoms with van der Waals surface area (Å²) in [6.45, 7) is 0. The van der Waals surface area contributed by atoms with E-state index in [-0.39, 0.29) is 11.8 Å². The van der Waals surface area contributed by atoms with E-state index in [4.69, 9.17) is 4.74 Å². The molecule has 1 atom stereocenters. The van der Waals surface area contributed by atoms with Crippen LogP contribution in [0.5, 0.6) is 5.75 Å². The third kappa shape index (κ3) is 2.99. The van der Waals surface area contributed by atoms with Crippen LogP contribution in [0.2, 0.25) is 0 Å². The molecular formula is C16H16BrNO2S. The third-order valence-electron chi connectivity index (χ3n) is 3.80. The summed E-state index contributed by atoms with van der Waals surface area (Å²) in [6.07, 6.45) is 3.08. The fourth-order valence-corrected chi connectivity index (χ4v) is 4.04. The third-order valence-corrected chi connectivity index (χ3v) is 5.49. The van der Waals surface area contributed by atoms with E-state index in [0.717, 1.165) is 35.2 Å². The van der Waals surface area contributed by atoms with E-state index >= 15 is 0 Å². The number of nitrogens with one attached hydrogen (secondary N) is 1. The van der Waals surface area contributed by atoms with Gasteiger partial charge >= 0.3 is 0 Å². The highest BCUT2D eigenvalue weighted by atomic mass is 79.9. The second-order valence-corrected chi connectivity index (χ2v) is 6.93. The van der Waals surface area contributed by atoms with E-state index in [1.807, 2.05) is 18.2 Å². The van der Waals surface area contributed by atoms with Crippen molar-refractivity contribution in [2.75, 3.05) is 12.4 Å². The number of methoxy groups -OCH3 is 1. The Morgan fingerprint density at radius 3 is 3.10 bits per heavy atom. The first kappa shape index (κ1) is 14.6. The van der Waals surface area contributed by atoms with Crippen LogP contribution >= 0.6 is 27.3 Å². The van der Waals surface area contributed by atoms with Crippen molar-refractivity contribution >= 4 is 38.9 Å². The predicted molar refractivity (Wildman–Crippen MR) is 89.3 cm³/mol. The molecule has 1 amide bonds. The van der Waals surface area contributed by atoms with E-state index in [1.165, 1.54) is 10.4 Å². The van der Waals surface area contributed by atoms with Crippen LogP contribution in [0, 0.1) is 0 Å². The molecule has 110 valence electrons. The van der Waals surface area contributed by atoms with Crippen LogP contribution in [0.1, 0.15) is 29.2 Å². The summed E-state index contributed by atoms with van der Waals surface area (Å²) in [4.78, 5) is 14.0. The van der Waals surface area contributed by atoms with Crippen molar-refractivity contribution in [1.82, 2.24) is 0 Å². The van der Waals surface area contributed by atoms with Crippen LogP contribution in [-0.4, -0.2) is 13.0 Å². The minimum Gasteiger partial charge on any atom is -0.497 e. The maximum absolute atomic E-state index is 12.6. The van der Waals surface area contributed by atoms with Gasteiger partial charge in [0.25, 0.3) is 0 Å². The SMILES string of the molecule is COc1ccc(Br)c(NC(=O)C2CCCc3sccc32)c1. The molecule has 0 radical (unpaired) electrons. The molecule has 0 bridgehead atoms. The van der Waals surface area contributed by atoms with Crippen molar-refractivity contribution in [3.05, 3.63) is 44.6 Å². The second kappa shape index (κ2) is 6.20. The second-order valence-electron chi connectivity index (χ2n) is 5.08. The highest BCUT2D eigenvalue weighted by Crippen LogP contribution is 2.36. The lowest BCUT2D eigenvalue weighted by atomic mass is 9.87. The van der Waals surface area contributed by atoms with Gasteiger partial charge in [0.05, 0.1) is 18.7 Å². The Hall–Kier alpha value is -1.33. The van der Waals surface area contributed by atoms with Crippen molar-refractivity contribution < 1.29 is 9.53 Å². The molecule has 1 unspecified atom stereocenters. The maximum atomic E-state index is 12.6. The van der Waals surface area contributed by atoms with Crippen molar-refractivity contribution in [3.8, 4) is 5.75 Å². The van der Waals surface area contributed by atoms with E-state index in [9.17, 15) is 4.79 Å². The predicted octanol–water partition coefficient (Wildman–Crippen LogP) is 4.58. The molecule has 1 aromatic heterocycles. The van der Waals surface area contributed by atoms with E-state index < -0.39 is 0 Å². The van der Waals surface area contributed by atoms with Crippen molar-refractivity contribution in [1.29, 1.82) is 0 Å². The molecule has 21 heavy (non-hydrogen) atoms. The molecule has 1 aliphatic carbocycles. The van der Waals surface area contributed by atoms with Crippen LogP contribution in [0.4, 0.5) is 5.69 Å². The summed E-state index contributed by atoms with van der Waals surface area (Å²) in [5.41, 5.74) is 1.95. The first-order valence-electron chi connectivity index (χ1n) is 6.89. The zero-order valence-corrected chi connectivity index (χ0v) is 14.1. The Bertz CT molecular complexity index is 668.